The summed E-state index contributed by atoms with van der Waals surface area (Å²) in [6.07, 6.45) is 19.0. The molecule has 2 rings (SSSR count). The lowest BCUT2D eigenvalue weighted by molar-refractivity contribution is 0.0320. The van der Waals surface area contributed by atoms with Gasteiger partial charge >= 0.3 is 0 Å². The Morgan fingerprint density at radius 3 is 2.29 bits per heavy atom. The molecular formula is C32H53NO. The molecule has 1 fully saturated rings. The SMILES string of the molecule is C=CCCC(CCC)CNC(O)/C(C)=C/C=C(\C)CC1=CC2C(C=C1C)C(C)(C)CCC2(C)C. The van der Waals surface area contributed by atoms with Crippen LogP contribution in [0.25, 0.3) is 0 Å². The minimum Gasteiger partial charge on any atom is -0.375 e. The second-order valence-electron chi connectivity index (χ2n) is 12.5. The summed E-state index contributed by atoms with van der Waals surface area (Å²) in [5, 5.41) is 14.0. The van der Waals surface area contributed by atoms with Crippen LogP contribution in [0, 0.1) is 28.6 Å². The van der Waals surface area contributed by atoms with Gasteiger partial charge in [-0.15, -0.1) is 6.58 Å². The predicted octanol–water partition coefficient (Wildman–Crippen LogP) is 8.52. The van der Waals surface area contributed by atoms with E-state index in [1.54, 1.807) is 0 Å². The molecule has 0 spiro atoms. The minimum absolute atomic E-state index is 0.355. The van der Waals surface area contributed by atoms with E-state index in [4.69, 9.17) is 0 Å². The Kier molecular flexibility index (Phi) is 10.6. The second kappa shape index (κ2) is 12.5. The van der Waals surface area contributed by atoms with Crippen molar-refractivity contribution in [3.63, 3.8) is 0 Å². The average molecular weight is 468 g/mol. The fourth-order valence-corrected chi connectivity index (χ4v) is 5.81. The Labute approximate surface area is 211 Å². The number of allylic oxidation sites excluding steroid dienone is 8. The molecule has 2 nitrogen and oxygen atoms in total. The summed E-state index contributed by atoms with van der Waals surface area (Å²) in [6.45, 7) is 23.2. The molecular weight excluding hydrogens is 414 g/mol. The van der Waals surface area contributed by atoms with Gasteiger partial charge in [0, 0.05) is 6.54 Å². The second-order valence-corrected chi connectivity index (χ2v) is 12.5. The van der Waals surface area contributed by atoms with Crippen LogP contribution in [-0.2, 0) is 0 Å². The molecule has 0 saturated heterocycles. The average Bonchev–Trinajstić information content (AvgIpc) is 2.78. The van der Waals surface area contributed by atoms with Crippen molar-refractivity contribution >= 4 is 0 Å². The first-order valence-corrected chi connectivity index (χ1v) is 13.7. The van der Waals surface area contributed by atoms with Crippen molar-refractivity contribution in [3.05, 3.63) is 59.3 Å². The Bertz CT molecular complexity index is 807. The molecule has 0 aliphatic heterocycles. The number of hydrogen-bond donors (Lipinski definition) is 2. The Balaban J connectivity index is 2.02. The van der Waals surface area contributed by atoms with E-state index < -0.39 is 6.23 Å². The summed E-state index contributed by atoms with van der Waals surface area (Å²) >= 11 is 0. The van der Waals surface area contributed by atoms with Gasteiger partial charge in [0.1, 0.15) is 6.23 Å². The van der Waals surface area contributed by atoms with E-state index >= 15 is 0 Å². The maximum atomic E-state index is 10.6. The topological polar surface area (TPSA) is 32.3 Å². The minimum atomic E-state index is -0.589. The fourth-order valence-electron chi connectivity index (χ4n) is 5.81. The summed E-state index contributed by atoms with van der Waals surface area (Å²) in [4.78, 5) is 0. The van der Waals surface area contributed by atoms with Crippen LogP contribution in [-0.4, -0.2) is 17.9 Å². The predicted molar refractivity (Wildman–Crippen MR) is 150 cm³/mol. The molecule has 2 aliphatic rings. The van der Waals surface area contributed by atoms with Crippen molar-refractivity contribution < 1.29 is 5.11 Å². The lowest BCUT2D eigenvalue weighted by Crippen LogP contribution is -2.43. The molecule has 0 aromatic heterocycles. The van der Waals surface area contributed by atoms with E-state index in [2.05, 4.69) is 84.7 Å². The first-order valence-electron chi connectivity index (χ1n) is 13.7. The zero-order chi connectivity index (χ0) is 25.5. The number of aliphatic hydroxyl groups excluding tert-OH is 1. The summed E-state index contributed by atoms with van der Waals surface area (Å²) in [6, 6.07) is 0. The number of nitrogens with one attached hydrogen (secondary N) is 1. The molecule has 0 heterocycles. The Morgan fingerprint density at radius 1 is 1.09 bits per heavy atom. The first-order chi connectivity index (χ1) is 15.9. The van der Waals surface area contributed by atoms with E-state index in [0.29, 0.717) is 28.6 Å². The van der Waals surface area contributed by atoms with Crippen LogP contribution in [0.3, 0.4) is 0 Å². The standard InChI is InChI=1S/C32H53NO/c1-10-12-14-26(13-11-2)22-33-30(34)24(4)16-15-23(3)19-27-21-29-28(20-25(27)5)31(6,7)17-18-32(29,8)9/h10,15-16,20-21,26,28-30,33-34H,1,11-14,17-19,22H2,2-9H3/b23-15+,24-16+. The molecule has 0 radical (unpaired) electrons. The van der Waals surface area contributed by atoms with Gasteiger partial charge in [0.05, 0.1) is 0 Å². The maximum absolute atomic E-state index is 10.6. The lowest BCUT2D eigenvalue weighted by atomic mass is 9.52. The molecule has 0 amide bonds. The van der Waals surface area contributed by atoms with E-state index in [1.165, 1.54) is 42.4 Å². The van der Waals surface area contributed by atoms with Crippen molar-refractivity contribution in [1.29, 1.82) is 0 Å². The molecule has 2 aliphatic carbocycles. The molecule has 2 heteroatoms. The molecule has 0 aromatic rings. The largest absolute Gasteiger partial charge is 0.375 e. The third kappa shape index (κ3) is 7.82. The van der Waals surface area contributed by atoms with Crippen LogP contribution >= 0.6 is 0 Å². The van der Waals surface area contributed by atoms with Crippen molar-refractivity contribution in [1.82, 2.24) is 5.32 Å². The third-order valence-corrected chi connectivity index (χ3v) is 8.53. The number of hydrogen-bond acceptors (Lipinski definition) is 2. The van der Waals surface area contributed by atoms with Gasteiger partial charge in [0.2, 0.25) is 0 Å². The molecule has 0 bridgehead atoms. The smallest absolute Gasteiger partial charge is 0.127 e. The molecule has 34 heavy (non-hydrogen) atoms. The van der Waals surface area contributed by atoms with Gasteiger partial charge in [-0.2, -0.15) is 0 Å². The normalized spacial score (nSPS) is 26.3. The fraction of sp³-hybridized carbons (Fsp3) is 0.688. The van der Waals surface area contributed by atoms with Gasteiger partial charge < -0.3 is 5.11 Å². The summed E-state index contributed by atoms with van der Waals surface area (Å²) in [7, 11) is 0. The molecule has 192 valence electrons. The zero-order valence-electron chi connectivity index (χ0n) is 23.5. The maximum Gasteiger partial charge on any atom is 0.127 e. The Hall–Kier alpha value is -1.38. The third-order valence-electron chi connectivity index (χ3n) is 8.53. The van der Waals surface area contributed by atoms with Gasteiger partial charge in [-0.3, -0.25) is 5.32 Å². The highest BCUT2D eigenvalue weighted by Gasteiger charge is 2.47. The Morgan fingerprint density at radius 2 is 1.71 bits per heavy atom. The van der Waals surface area contributed by atoms with Crippen molar-refractivity contribution in [3.8, 4) is 0 Å². The number of aliphatic hydroxyl groups is 1. The van der Waals surface area contributed by atoms with Crippen LogP contribution in [0.5, 0.6) is 0 Å². The van der Waals surface area contributed by atoms with Crippen molar-refractivity contribution in [2.24, 2.45) is 28.6 Å². The highest BCUT2D eigenvalue weighted by molar-refractivity contribution is 5.39. The molecule has 2 N–H and O–H groups in total. The summed E-state index contributed by atoms with van der Waals surface area (Å²) in [5.41, 5.74) is 5.97. The first kappa shape index (κ1) is 28.9. The summed E-state index contributed by atoms with van der Waals surface area (Å²) in [5.74, 6) is 1.84. The molecule has 1 saturated carbocycles. The van der Waals surface area contributed by atoms with E-state index in [9.17, 15) is 5.11 Å². The highest BCUT2D eigenvalue weighted by Crippen LogP contribution is 2.56. The van der Waals surface area contributed by atoms with Crippen LogP contribution in [0.15, 0.2) is 59.3 Å². The van der Waals surface area contributed by atoms with Gasteiger partial charge in [-0.05, 0) is 99.0 Å². The molecule has 4 unspecified atom stereocenters. The molecule has 4 atom stereocenters. The van der Waals surface area contributed by atoms with Gasteiger partial charge in [-0.1, -0.05) is 82.6 Å². The number of rotatable bonds is 12. The molecule has 0 aromatic carbocycles. The van der Waals surface area contributed by atoms with E-state index in [0.717, 1.165) is 31.4 Å². The summed E-state index contributed by atoms with van der Waals surface area (Å²) < 4.78 is 0. The quantitative estimate of drug-likeness (QED) is 0.171. The number of fused-ring (bicyclic) bond motifs is 1. The van der Waals surface area contributed by atoms with E-state index in [-0.39, 0.29) is 0 Å². The van der Waals surface area contributed by atoms with Crippen molar-refractivity contribution in [2.75, 3.05) is 6.54 Å². The van der Waals surface area contributed by atoms with Crippen LogP contribution in [0.2, 0.25) is 0 Å². The monoisotopic (exact) mass is 467 g/mol. The highest BCUT2D eigenvalue weighted by atomic mass is 16.3. The van der Waals surface area contributed by atoms with Gasteiger partial charge in [-0.25, -0.2) is 0 Å². The van der Waals surface area contributed by atoms with Gasteiger partial charge in [0.15, 0.2) is 0 Å². The van der Waals surface area contributed by atoms with Crippen molar-refractivity contribution in [2.45, 2.75) is 107 Å². The zero-order valence-corrected chi connectivity index (χ0v) is 23.5. The lowest BCUT2D eigenvalue weighted by Gasteiger charge is -2.52. The van der Waals surface area contributed by atoms with E-state index in [1.807, 2.05) is 13.0 Å². The van der Waals surface area contributed by atoms with Gasteiger partial charge in [0.25, 0.3) is 0 Å². The van der Waals surface area contributed by atoms with Crippen LogP contribution in [0.1, 0.15) is 100 Å². The van der Waals surface area contributed by atoms with Crippen LogP contribution in [0.4, 0.5) is 0 Å². The van der Waals surface area contributed by atoms with Crippen LogP contribution < -0.4 is 5.32 Å².